The summed E-state index contributed by atoms with van der Waals surface area (Å²) in [4.78, 5) is 26.2. The monoisotopic (exact) mass is 456 g/mol. The first-order valence-corrected chi connectivity index (χ1v) is 11.6. The van der Waals surface area contributed by atoms with Gasteiger partial charge in [-0.15, -0.1) is 0 Å². The van der Waals surface area contributed by atoms with E-state index in [0.29, 0.717) is 23.0 Å². The number of primary amides is 1. The van der Waals surface area contributed by atoms with E-state index in [1.165, 1.54) is 18.4 Å². The summed E-state index contributed by atoms with van der Waals surface area (Å²) in [6, 6.07) is 20.0. The molecule has 0 saturated carbocycles. The molecule has 2 aromatic heterocycles. The Morgan fingerprint density at radius 1 is 1.09 bits per heavy atom. The number of pyridine rings is 1. The van der Waals surface area contributed by atoms with E-state index in [2.05, 4.69) is 55.5 Å². The van der Waals surface area contributed by atoms with Crippen LogP contribution in [0.25, 0.3) is 22.4 Å². The predicted octanol–water partition coefficient (Wildman–Crippen LogP) is 4.37. The van der Waals surface area contributed by atoms with Gasteiger partial charge in [-0.25, -0.2) is 14.8 Å². The van der Waals surface area contributed by atoms with Crippen LogP contribution in [0.5, 0.6) is 5.75 Å². The SMILES string of the molecule is NC(=O)Oc1cccc2[nH]c(-c3cccnc3NCCN3CCC(c4ccccc4)CC3)nc12. The summed E-state index contributed by atoms with van der Waals surface area (Å²) < 4.78 is 5.09. The Bertz CT molecular complexity index is 1260. The number of carbonyl (C=O) groups is 1. The van der Waals surface area contributed by atoms with Crippen molar-refractivity contribution in [1.82, 2.24) is 19.9 Å². The lowest BCUT2D eigenvalue weighted by Crippen LogP contribution is -2.36. The summed E-state index contributed by atoms with van der Waals surface area (Å²) >= 11 is 0. The molecule has 8 heteroatoms. The third-order valence-corrected chi connectivity index (χ3v) is 6.33. The summed E-state index contributed by atoms with van der Waals surface area (Å²) in [6.45, 7) is 3.94. The summed E-state index contributed by atoms with van der Waals surface area (Å²) in [7, 11) is 0. The Kier molecular flexibility index (Phi) is 6.40. The normalized spacial score (nSPS) is 14.8. The minimum atomic E-state index is -0.867. The Hall–Kier alpha value is -3.91. The van der Waals surface area contributed by atoms with Crippen LogP contribution in [-0.4, -0.2) is 52.1 Å². The second kappa shape index (κ2) is 9.93. The van der Waals surface area contributed by atoms with Crippen molar-refractivity contribution in [3.05, 3.63) is 72.4 Å². The number of nitrogens with zero attached hydrogens (tertiary/aromatic N) is 3. The van der Waals surface area contributed by atoms with Gasteiger partial charge in [0.25, 0.3) is 0 Å². The van der Waals surface area contributed by atoms with Crippen molar-refractivity contribution in [3.8, 4) is 17.1 Å². The van der Waals surface area contributed by atoms with Crippen LogP contribution in [-0.2, 0) is 0 Å². The van der Waals surface area contributed by atoms with Crippen LogP contribution in [0.3, 0.4) is 0 Å². The van der Waals surface area contributed by atoms with E-state index in [1.807, 2.05) is 18.2 Å². The number of ether oxygens (including phenoxy) is 1. The second-order valence-electron chi connectivity index (χ2n) is 8.51. The lowest BCUT2D eigenvalue weighted by molar-refractivity contribution is 0.211. The Balaban J connectivity index is 1.23. The van der Waals surface area contributed by atoms with E-state index in [4.69, 9.17) is 10.5 Å². The average Bonchev–Trinajstić information content (AvgIpc) is 3.30. The zero-order chi connectivity index (χ0) is 23.3. The molecule has 0 radical (unpaired) electrons. The lowest BCUT2D eigenvalue weighted by Gasteiger charge is -2.32. The molecule has 8 nitrogen and oxygen atoms in total. The lowest BCUT2D eigenvalue weighted by atomic mass is 9.89. The fourth-order valence-corrected chi connectivity index (χ4v) is 4.61. The first-order valence-electron chi connectivity index (χ1n) is 11.6. The molecule has 1 saturated heterocycles. The summed E-state index contributed by atoms with van der Waals surface area (Å²) in [5.74, 6) is 2.39. The van der Waals surface area contributed by atoms with E-state index in [1.54, 1.807) is 18.3 Å². The van der Waals surface area contributed by atoms with Gasteiger partial charge in [-0.3, -0.25) is 0 Å². The van der Waals surface area contributed by atoms with Gasteiger partial charge in [0.15, 0.2) is 5.75 Å². The topological polar surface area (TPSA) is 109 Å². The average molecular weight is 457 g/mol. The third kappa shape index (κ3) is 4.87. The maximum atomic E-state index is 11.2. The Morgan fingerprint density at radius 3 is 2.71 bits per heavy atom. The minimum Gasteiger partial charge on any atom is -0.408 e. The molecule has 1 amide bonds. The van der Waals surface area contributed by atoms with Crippen LogP contribution >= 0.6 is 0 Å². The van der Waals surface area contributed by atoms with Gasteiger partial charge in [-0.1, -0.05) is 36.4 Å². The highest BCUT2D eigenvalue weighted by atomic mass is 16.5. The number of imidazole rings is 1. The molecule has 4 N–H and O–H groups in total. The molecule has 1 aliphatic rings. The summed E-state index contributed by atoms with van der Waals surface area (Å²) in [6.07, 6.45) is 3.27. The Labute approximate surface area is 198 Å². The van der Waals surface area contributed by atoms with Gasteiger partial charge >= 0.3 is 6.09 Å². The van der Waals surface area contributed by atoms with Gasteiger partial charge < -0.3 is 25.7 Å². The number of nitrogens with one attached hydrogen (secondary N) is 2. The molecule has 0 bridgehead atoms. The van der Waals surface area contributed by atoms with Gasteiger partial charge in [0.1, 0.15) is 17.2 Å². The smallest absolute Gasteiger partial charge is 0.408 e. The molecule has 3 heterocycles. The molecule has 0 atom stereocenters. The number of aromatic nitrogens is 3. The van der Waals surface area contributed by atoms with Crippen molar-refractivity contribution in [2.24, 2.45) is 5.73 Å². The number of para-hydroxylation sites is 1. The third-order valence-electron chi connectivity index (χ3n) is 6.33. The molecule has 1 fully saturated rings. The van der Waals surface area contributed by atoms with Crippen molar-refractivity contribution in [2.75, 3.05) is 31.5 Å². The van der Waals surface area contributed by atoms with Gasteiger partial charge in [0.05, 0.1) is 11.1 Å². The molecule has 0 unspecified atom stereocenters. The molecule has 174 valence electrons. The fraction of sp³-hybridized carbons (Fsp3) is 0.269. The van der Waals surface area contributed by atoms with E-state index in [9.17, 15) is 4.79 Å². The second-order valence-corrected chi connectivity index (χ2v) is 8.51. The molecular weight excluding hydrogens is 428 g/mol. The van der Waals surface area contributed by atoms with Crippen LogP contribution < -0.4 is 15.8 Å². The first-order chi connectivity index (χ1) is 16.7. The maximum absolute atomic E-state index is 11.2. The number of amides is 1. The number of carbonyl (C=O) groups excluding carboxylic acids is 1. The molecule has 4 aromatic rings. The van der Waals surface area contributed by atoms with Crippen LogP contribution in [0.4, 0.5) is 10.6 Å². The molecule has 5 rings (SSSR count). The van der Waals surface area contributed by atoms with Crippen molar-refractivity contribution < 1.29 is 9.53 Å². The van der Waals surface area contributed by atoms with Gasteiger partial charge in [0.2, 0.25) is 0 Å². The van der Waals surface area contributed by atoms with Gasteiger partial charge in [-0.2, -0.15) is 0 Å². The zero-order valence-corrected chi connectivity index (χ0v) is 18.9. The number of piperidine rings is 1. The Morgan fingerprint density at radius 2 is 1.91 bits per heavy atom. The molecular formula is C26H28N6O2. The standard InChI is InChI=1S/C26H28N6O2/c27-26(33)34-22-10-4-9-21-23(22)31-25(30-21)20-8-5-13-28-24(20)29-14-17-32-15-11-19(12-16-32)18-6-2-1-3-7-18/h1-10,13,19H,11-12,14-17H2,(H2,27,33)(H,28,29)(H,30,31). The number of aromatic amines is 1. The van der Waals surface area contributed by atoms with E-state index < -0.39 is 6.09 Å². The molecule has 0 spiro atoms. The highest BCUT2D eigenvalue weighted by Gasteiger charge is 2.20. The highest BCUT2D eigenvalue weighted by Crippen LogP contribution is 2.30. The number of hydrogen-bond acceptors (Lipinski definition) is 6. The van der Waals surface area contributed by atoms with Crippen molar-refractivity contribution in [1.29, 1.82) is 0 Å². The number of hydrogen-bond donors (Lipinski definition) is 3. The molecule has 34 heavy (non-hydrogen) atoms. The van der Waals surface area contributed by atoms with Crippen LogP contribution in [0.15, 0.2) is 66.9 Å². The number of rotatable bonds is 7. The highest BCUT2D eigenvalue weighted by molar-refractivity contribution is 5.88. The largest absolute Gasteiger partial charge is 0.410 e. The van der Waals surface area contributed by atoms with Crippen LogP contribution in [0.2, 0.25) is 0 Å². The van der Waals surface area contributed by atoms with Crippen LogP contribution in [0.1, 0.15) is 24.3 Å². The number of nitrogens with two attached hydrogens (primary N) is 1. The minimum absolute atomic E-state index is 0.324. The number of anilines is 1. The van der Waals surface area contributed by atoms with Gasteiger partial charge in [0, 0.05) is 19.3 Å². The van der Waals surface area contributed by atoms with Crippen molar-refractivity contribution in [2.45, 2.75) is 18.8 Å². The zero-order valence-electron chi connectivity index (χ0n) is 18.9. The van der Waals surface area contributed by atoms with Crippen molar-refractivity contribution >= 4 is 22.9 Å². The summed E-state index contributed by atoms with van der Waals surface area (Å²) in [5, 5.41) is 3.47. The predicted molar refractivity (Wildman–Crippen MR) is 133 cm³/mol. The van der Waals surface area contributed by atoms with Crippen molar-refractivity contribution in [3.63, 3.8) is 0 Å². The molecule has 2 aromatic carbocycles. The first kappa shape index (κ1) is 21.9. The van der Waals surface area contributed by atoms with Gasteiger partial charge in [-0.05, 0) is 61.7 Å². The van der Waals surface area contributed by atoms with E-state index in [0.717, 1.165) is 43.1 Å². The van der Waals surface area contributed by atoms with E-state index >= 15 is 0 Å². The number of fused-ring (bicyclic) bond motifs is 1. The maximum Gasteiger partial charge on any atom is 0.410 e. The quantitative estimate of drug-likeness (QED) is 0.381. The number of benzene rings is 2. The van der Waals surface area contributed by atoms with E-state index in [-0.39, 0.29) is 0 Å². The number of likely N-dealkylation sites (tertiary alicyclic amines) is 1. The fourth-order valence-electron chi connectivity index (χ4n) is 4.61. The number of H-pyrrole nitrogens is 1. The molecule has 0 aliphatic carbocycles. The molecule has 1 aliphatic heterocycles. The summed E-state index contributed by atoms with van der Waals surface area (Å²) in [5.41, 5.74) is 8.80. The van der Waals surface area contributed by atoms with Crippen LogP contribution in [0, 0.1) is 0 Å².